The molecule has 1 aromatic carbocycles. The summed E-state index contributed by atoms with van der Waals surface area (Å²) in [5, 5.41) is 0. The Labute approximate surface area is 95.1 Å². The molecule has 0 spiro atoms. The molecule has 78 valence electrons. The van der Waals surface area contributed by atoms with Crippen LogP contribution in [-0.4, -0.2) is 18.7 Å². The van der Waals surface area contributed by atoms with Gasteiger partial charge in [-0.3, -0.25) is 0 Å². The van der Waals surface area contributed by atoms with Crippen molar-refractivity contribution in [3.05, 3.63) is 28.2 Å². The molecule has 0 unspecified atom stereocenters. The van der Waals surface area contributed by atoms with Gasteiger partial charge in [-0.25, -0.2) is 9.59 Å². The van der Waals surface area contributed by atoms with E-state index >= 15 is 0 Å². The minimum absolute atomic E-state index is 0.245. The van der Waals surface area contributed by atoms with Gasteiger partial charge in [0, 0.05) is 4.47 Å². The van der Waals surface area contributed by atoms with Crippen LogP contribution in [0.4, 0.5) is 5.69 Å². The predicted molar refractivity (Wildman–Crippen MR) is 57.9 cm³/mol. The van der Waals surface area contributed by atoms with Gasteiger partial charge in [0.05, 0.1) is 17.9 Å². The Bertz CT molecular complexity index is 425. The first kappa shape index (κ1) is 11.6. The number of ether oxygens (including phenoxy) is 1. The van der Waals surface area contributed by atoms with E-state index in [1.807, 2.05) is 0 Å². The van der Waals surface area contributed by atoms with Crippen molar-refractivity contribution in [2.24, 2.45) is 4.99 Å². The molecule has 5 heteroatoms. The highest BCUT2D eigenvalue weighted by Crippen LogP contribution is 2.23. The third-order valence-corrected chi connectivity index (χ3v) is 2.11. The van der Waals surface area contributed by atoms with Gasteiger partial charge in [-0.15, -0.1) is 0 Å². The van der Waals surface area contributed by atoms with E-state index in [0.29, 0.717) is 0 Å². The minimum atomic E-state index is -0.507. The molecule has 0 aliphatic carbocycles. The van der Waals surface area contributed by atoms with Gasteiger partial charge >= 0.3 is 5.97 Å². The van der Waals surface area contributed by atoms with Crippen LogP contribution in [-0.2, 0) is 9.53 Å². The van der Waals surface area contributed by atoms with Gasteiger partial charge in [0.2, 0.25) is 6.08 Å². The lowest BCUT2D eigenvalue weighted by atomic mass is 10.2. The standard InChI is InChI=1S/C10H8BrNO3/c1-2-15-10(14)8-5-7(11)3-4-9(8)12-6-13/h3-5H,2H2,1H3. The topological polar surface area (TPSA) is 55.7 Å². The van der Waals surface area contributed by atoms with Crippen molar-refractivity contribution in [2.45, 2.75) is 6.92 Å². The number of isocyanates is 1. The second-order valence-corrected chi connectivity index (χ2v) is 3.50. The van der Waals surface area contributed by atoms with Gasteiger partial charge in [-0.05, 0) is 25.1 Å². The van der Waals surface area contributed by atoms with Crippen LogP contribution in [0.25, 0.3) is 0 Å². The quantitative estimate of drug-likeness (QED) is 0.482. The molecule has 15 heavy (non-hydrogen) atoms. The zero-order valence-electron chi connectivity index (χ0n) is 7.99. The highest BCUT2D eigenvalue weighted by atomic mass is 79.9. The minimum Gasteiger partial charge on any atom is -0.462 e. The van der Waals surface area contributed by atoms with E-state index in [4.69, 9.17) is 4.74 Å². The largest absolute Gasteiger partial charge is 0.462 e. The number of nitrogens with zero attached hydrogens (tertiary/aromatic N) is 1. The number of hydrogen-bond acceptors (Lipinski definition) is 4. The summed E-state index contributed by atoms with van der Waals surface area (Å²) < 4.78 is 5.54. The fraction of sp³-hybridized carbons (Fsp3) is 0.200. The smallest absolute Gasteiger partial charge is 0.340 e. The molecule has 4 nitrogen and oxygen atoms in total. The molecule has 0 amide bonds. The lowest BCUT2D eigenvalue weighted by Crippen LogP contribution is -2.04. The van der Waals surface area contributed by atoms with E-state index in [2.05, 4.69) is 20.9 Å². The first-order valence-electron chi connectivity index (χ1n) is 4.23. The highest BCUT2D eigenvalue weighted by Gasteiger charge is 2.12. The average molecular weight is 270 g/mol. The summed E-state index contributed by atoms with van der Waals surface area (Å²) >= 11 is 3.22. The summed E-state index contributed by atoms with van der Waals surface area (Å²) in [6, 6.07) is 4.77. The molecule has 0 aliphatic rings. The summed E-state index contributed by atoms with van der Waals surface area (Å²) in [7, 11) is 0. The zero-order valence-corrected chi connectivity index (χ0v) is 9.58. The molecule has 0 aliphatic heterocycles. The Morgan fingerprint density at radius 2 is 2.33 bits per heavy atom. The van der Waals surface area contributed by atoms with Crippen LogP contribution in [0.3, 0.4) is 0 Å². The van der Waals surface area contributed by atoms with Crippen LogP contribution in [0.5, 0.6) is 0 Å². The summed E-state index contributed by atoms with van der Waals surface area (Å²) in [4.78, 5) is 25.0. The zero-order chi connectivity index (χ0) is 11.3. The van der Waals surface area contributed by atoms with Gasteiger partial charge in [-0.1, -0.05) is 15.9 Å². The first-order chi connectivity index (χ1) is 7.19. The molecule has 0 aromatic heterocycles. The van der Waals surface area contributed by atoms with E-state index in [1.165, 1.54) is 6.08 Å². The van der Waals surface area contributed by atoms with Gasteiger partial charge in [0.15, 0.2) is 0 Å². The fourth-order valence-corrected chi connectivity index (χ4v) is 1.39. The first-order valence-corrected chi connectivity index (χ1v) is 5.03. The van der Waals surface area contributed by atoms with Crippen molar-refractivity contribution in [1.82, 2.24) is 0 Å². The van der Waals surface area contributed by atoms with Crippen molar-refractivity contribution in [3.8, 4) is 0 Å². The highest BCUT2D eigenvalue weighted by molar-refractivity contribution is 9.10. The van der Waals surface area contributed by atoms with Crippen molar-refractivity contribution in [1.29, 1.82) is 0 Å². The van der Waals surface area contributed by atoms with E-state index < -0.39 is 5.97 Å². The predicted octanol–water partition coefficient (Wildman–Crippen LogP) is 2.59. The number of hydrogen-bond donors (Lipinski definition) is 0. The van der Waals surface area contributed by atoms with Crippen molar-refractivity contribution in [3.63, 3.8) is 0 Å². The van der Waals surface area contributed by atoms with Crippen LogP contribution in [0.2, 0.25) is 0 Å². The molecule has 0 saturated heterocycles. The van der Waals surface area contributed by atoms with Crippen LogP contribution in [0, 0.1) is 0 Å². The number of carbonyl (C=O) groups is 1. The molecule has 0 N–H and O–H groups in total. The Hall–Kier alpha value is -1.45. The van der Waals surface area contributed by atoms with E-state index in [0.717, 1.165) is 4.47 Å². The maximum absolute atomic E-state index is 11.5. The molecule has 0 fully saturated rings. The summed E-state index contributed by atoms with van der Waals surface area (Å²) in [5.74, 6) is -0.507. The molecule has 0 radical (unpaired) electrons. The molecule has 1 rings (SSSR count). The van der Waals surface area contributed by atoms with E-state index in [9.17, 15) is 9.59 Å². The summed E-state index contributed by atoms with van der Waals surface area (Å²) in [6.45, 7) is 1.98. The third-order valence-electron chi connectivity index (χ3n) is 1.62. The fourth-order valence-electron chi connectivity index (χ4n) is 1.03. The van der Waals surface area contributed by atoms with Crippen molar-refractivity contribution < 1.29 is 14.3 Å². The van der Waals surface area contributed by atoms with E-state index in [1.54, 1.807) is 25.1 Å². The maximum Gasteiger partial charge on any atom is 0.340 e. The lowest BCUT2D eigenvalue weighted by Gasteiger charge is -2.04. The van der Waals surface area contributed by atoms with Gasteiger partial charge < -0.3 is 4.74 Å². The second-order valence-electron chi connectivity index (χ2n) is 2.59. The van der Waals surface area contributed by atoms with Gasteiger partial charge in [0.1, 0.15) is 0 Å². The SMILES string of the molecule is CCOC(=O)c1cc(Br)ccc1N=C=O. The Kier molecular flexibility index (Phi) is 4.21. The maximum atomic E-state index is 11.5. The Balaban J connectivity index is 3.17. The van der Waals surface area contributed by atoms with Crippen LogP contribution in [0.15, 0.2) is 27.7 Å². The number of benzene rings is 1. The normalized spacial score (nSPS) is 9.20. The third kappa shape index (κ3) is 3.01. The lowest BCUT2D eigenvalue weighted by molar-refractivity contribution is 0.0527. The average Bonchev–Trinajstić information content (AvgIpc) is 2.21. The number of halogens is 1. The van der Waals surface area contributed by atoms with Crippen LogP contribution in [0.1, 0.15) is 17.3 Å². The van der Waals surface area contributed by atoms with Crippen LogP contribution < -0.4 is 0 Å². The molecular weight excluding hydrogens is 262 g/mol. The molecule has 0 heterocycles. The van der Waals surface area contributed by atoms with E-state index in [-0.39, 0.29) is 17.9 Å². The molecule has 1 aromatic rings. The number of carbonyl (C=O) groups excluding carboxylic acids is 2. The Morgan fingerprint density at radius 3 is 2.93 bits per heavy atom. The van der Waals surface area contributed by atoms with Gasteiger partial charge in [0.25, 0.3) is 0 Å². The number of aliphatic imine (C=N–C) groups is 1. The summed E-state index contributed by atoms with van der Waals surface area (Å²) in [6.07, 6.45) is 1.39. The van der Waals surface area contributed by atoms with Gasteiger partial charge in [-0.2, -0.15) is 4.99 Å². The van der Waals surface area contributed by atoms with Crippen LogP contribution >= 0.6 is 15.9 Å². The second kappa shape index (κ2) is 5.44. The molecular formula is C10H8BrNO3. The number of rotatable bonds is 3. The summed E-state index contributed by atoms with van der Waals surface area (Å²) in [5.41, 5.74) is 0.501. The molecule has 0 saturated carbocycles. The van der Waals surface area contributed by atoms with Crippen molar-refractivity contribution in [2.75, 3.05) is 6.61 Å². The van der Waals surface area contributed by atoms with Crippen molar-refractivity contribution >= 4 is 33.7 Å². The monoisotopic (exact) mass is 269 g/mol. The Morgan fingerprint density at radius 1 is 1.60 bits per heavy atom. The molecule has 0 atom stereocenters. The number of esters is 1. The molecule has 0 bridgehead atoms.